The fraction of sp³-hybridized carbons (Fsp3) is 0.556. The van der Waals surface area contributed by atoms with Crippen LogP contribution in [-0.4, -0.2) is 25.5 Å². The topological polar surface area (TPSA) is 3.24 Å². The Morgan fingerprint density at radius 1 is 1.15 bits per heavy atom. The summed E-state index contributed by atoms with van der Waals surface area (Å²) in [6.45, 7) is 1.26. The molecule has 2 fully saturated rings. The van der Waals surface area contributed by atoms with Gasteiger partial charge in [0.1, 0.15) is 0 Å². The van der Waals surface area contributed by atoms with E-state index in [9.17, 15) is 0 Å². The third-order valence-corrected chi connectivity index (χ3v) is 6.52. The van der Waals surface area contributed by atoms with Gasteiger partial charge in [0.25, 0.3) is 0 Å². The Morgan fingerprint density at radius 2 is 1.95 bits per heavy atom. The van der Waals surface area contributed by atoms with Crippen molar-refractivity contribution in [3.63, 3.8) is 0 Å². The van der Waals surface area contributed by atoms with Crippen LogP contribution in [0.1, 0.15) is 30.7 Å². The summed E-state index contributed by atoms with van der Waals surface area (Å²) in [6, 6.07) is 8.98. The van der Waals surface area contributed by atoms with Crippen LogP contribution in [0.3, 0.4) is 0 Å². The summed E-state index contributed by atoms with van der Waals surface area (Å²) in [5.41, 5.74) is 1.66. The molecule has 0 amide bonds. The van der Waals surface area contributed by atoms with Gasteiger partial charge in [-0.2, -0.15) is 0 Å². The maximum Gasteiger partial charge on any atom is 0.0345 e. The second kappa shape index (κ2) is 4.85. The largest absolute Gasteiger partial charge is 0.309 e. The summed E-state index contributed by atoms with van der Waals surface area (Å²) in [5.74, 6) is 3.61. The monoisotopic (exact) mass is 285 g/mol. The molecule has 20 heavy (non-hydrogen) atoms. The van der Waals surface area contributed by atoms with Crippen molar-refractivity contribution in [2.45, 2.75) is 25.2 Å². The van der Waals surface area contributed by atoms with Crippen LogP contribution in [-0.2, 0) is 0 Å². The first-order chi connectivity index (χ1) is 9.74. The zero-order valence-corrected chi connectivity index (χ0v) is 13.2. The van der Waals surface area contributed by atoms with E-state index in [-0.39, 0.29) is 0 Å². The molecule has 1 aromatic heterocycles. The van der Waals surface area contributed by atoms with E-state index in [1.165, 1.54) is 35.9 Å². The highest BCUT2D eigenvalue weighted by atomic mass is 32.1. The van der Waals surface area contributed by atoms with E-state index in [0.717, 1.165) is 23.7 Å². The van der Waals surface area contributed by atoms with Crippen molar-refractivity contribution in [1.29, 1.82) is 0 Å². The van der Waals surface area contributed by atoms with Crippen LogP contribution in [0.4, 0.5) is 0 Å². The lowest BCUT2D eigenvalue weighted by Crippen LogP contribution is -2.30. The maximum atomic E-state index is 2.46. The average Bonchev–Trinajstić information content (AvgIpc) is 3.11. The van der Waals surface area contributed by atoms with Crippen LogP contribution < -0.4 is 0 Å². The predicted molar refractivity (Wildman–Crippen MR) is 87.4 cm³/mol. The Kier molecular flexibility index (Phi) is 3.12. The van der Waals surface area contributed by atoms with Crippen molar-refractivity contribution in [3.8, 4) is 0 Å². The molecule has 4 rings (SSSR count). The summed E-state index contributed by atoms with van der Waals surface area (Å²) in [4.78, 5) is 2.40. The van der Waals surface area contributed by atoms with Crippen LogP contribution in [0.5, 0.6) is 0 Å². The molecule has 2 aliphatic rings. The lowest BCUT2D eigenvalue weighted by atomic mass is 9.75. The molecule has 0 aliphatic heterocycles. The maximum absolute atomic E-state index is 2.46. The van der Waals surface area contributed by atoms with Gasteiger partial charge in [-0.25, -0.2) is 0 Å². The Hall–Kier alpha value is -0.860. The Labute approximate surface area is 125 Å². The van der Waals surface area contributed by atoms with Crippen molar-refractivity contribution < 1.29 is 0 Å². The third-order valence-electron chi connectivity index (χ3n) is 5.53. The summed E-state index contributed by atoms with van der Waals surface area (Å²) < 4.78 is 1.47. The Bertz CT molecular complexity index is 615. The van der Waals surface area contributed by atoms with Gasteiger partial charge in [-0.3, -0.25) is 0 Å². The Morgan fingerprint density at radius 3 is 2.80 bits per heavy atom. The number of rotatable bonds is 3. The molecule has 2 saturated carbocycles. The molecule has 2 aromatic rings. The molecular formula is C18H23NS. The highest BCUT2D eigenvalue weighted by Gasteiger charge is 2.48. The molecule has 1 heterocycles. The Balaban J connectivity index is 1.75. The molecule has 1 aromatic carbocycles. The minimum atomic E-state index is 0.812. The molecule has 0 radical (unpaired) electrons. The second-order valence-corrected chi connectivity index (χ2v) is 7.88. The summed E-state index contributed by atoms with van der Waals surface area (Å²) in [7, 11) is 4.46. The summed E-state index contributed by atoms with van der Waals surface area (Å²) in [6.07, 6.45) is 4.42. The number of hydrogen-bond acceptors (Lipinski definition) is 2. The molecule has 2 bridgehead atoms. The summed E-state index contributed by atoms with van der Waals surface area (Å²) in [5, 5.41) is 3.98. The van der Waals surface area contributed by atoms with Crippen molar-refractivity contribution >= 4 is 21.4 Å². The molecule has 0 N–H and O–H groups in total. The molecule has 2 aliphatic carbocycles. The predicted octanol–water partition coefficient (Wildman–Crippen LogP) is 4.59. The first-order valence-electron chi connectivity index (χ1n) is 7.85. The molecule has 0 spiro atoms. The molecule has 2 heteroatoms. The molecular weight excluding hydrogens is 262 g/mol. The zero-order chi connectivity index (χ0) is 13.7. The van der Waals surface area contributed by atoms with Gasteiger partial charge in [-0.1, -0.05) is 18.2 Å². The van der Waals surface area contributed by atoms with Crippen molar-refractivity contribution in [3.05, 3.63) is 35.2 Å². The molecule has 0 unspecified atom stereocenters. The van der Waals surface area contributed by atoms with Gasteiger partial charge in [0, 0.05) is 11.2 Å². The molecule has 0 saturated heterocycles. The number of fused-ring (bicyclic) bond motifs is 3. The fourth-order valence-corrected chi connectivity index (χ4v) is 5.84. The van der Waals surface area contributed by atoms with Gasteiger partial charge in [0.2, 0.25) is 0 Å². The van der Waals surface area contributed by atoms with Crippen molar-refractivity contribution in [2.24, 2.45) is 17.8 Å². The SMILES string of the molecule is CN(C)C[C@H]1[C@H]2CC[C@H](C2)[C@@H]1c1csc2ccccc12. The zero-order valence-electron chi connectivity index (χ0n) is 12.4. The fourth-order valence-electron chi connectivity index (χ4n) is 4.84. The molecule has 106 valence electrons. The van der Waals surface area contributed by atoms with Gasteiger partial charge in [-0.05, 0) is 79.4 Å². The number of hydrogen-bond donors (Lipinski definition) is 0. The smallest absolute Gasteiger partial charge is 0.0345 e. The minimum Gasteiger partial charge on any atom is -0.309 e. The van der Waals surface area contributed by atoms with E-state index in [1.807, 2.05) is 11.3 Å². The van der Waals surface area contributed by atoms with E-state index < -0.39 is 0 Å². The van der Waals surface area contributed by atoms with Gasteiger partial charge in [0.15, 0.2) is 0 Å². The minimum absolute atomic E-state index is 0.812. The van der Waals surface area contributed by atoms with Gasteiger partial charge >= 0.3 is 0 Å². The van der Waals surface area contributed by atoms with Crippen molar-refractivity contribution in [1.82, 2.24) is 4.90 Å². The highest BCUT2D eigenvalue weighted by Crippen LogP contribution is 2.58. The van der Waals surface area contributed by atoms with Gasteiger partial charge in [0.05, 0.1) is 0 Å². The highest BCUT2D eigenvalue weighted by molar-refractivity contribution is 7.17. The summed E-state index contributed by atoms with van der Waals surface area (Å²) >= 11 is 1.94. The molecule has 1 nitrogen and oxygen atoms in total. The lowest BCUT2D eigenvalue weighted by molar-refractivity contribution is 0.220. The number of nitrogens with zero attached hydrogens (tertiary/aromatic N) is 1. The standard InChI is InChI=1S/C18H23NS/c1-19(2)10-15-12-7-8-13(9-12)18(15)16-11-20-17-6-4-3-5-14(16)17/h3-6,11-13,15,18H,7-10H2,1-2H3/t12-,13+,15-,18-/m0/s1. The quantitative estimate of drug-likeness (QED) is 0.797. The third kappa shape index (κ3) is 1.93. The second-order valence-electron chi connectivity index (χ2n) is 6.97. The van der Waals surface area contributed by atoms with E-state index in [2.05, 4.69) is 48.6 Å². The lowest BCUT2D eigenvalue weighted by Gasteiger charge is -2.33. The van der Waals surface area contributed by atoms with Crippen LogP contribution in [0.15, 0.2) is 29.6 Å². The first-order valence-corrected chi connectivity index (χ1v) is 8.73. The van der Waals surface area contributed by atoms with E-state index in [0.29, 0.717) is 0 Å². The average molecular weight is 285 g/mol. The van der Waals surface area contributed by atoms with E-state index in [1.54, 1.807) is 5.56 Å². The number of thiophene rings is 1. The first kappa shape index (κ1) is 12.8. The van der Waals surface area contributed by atoms with Crippen molar-refractivity contribution in [2.75, 3.05) is 20.6 Å². The van der Waals surface area contributed by atoms with E-state index >= 15 is 0 Å². The van der Waals surface area contributed by atoms with Gasteiger partial charge in [-0.15, -0.1) is 11.3 Å². The van der Waals surface area contributed by atoms with Crippen LogP contribution >= 0.6 is 11.3 Å². The van der Waals surface area contributed by atoms with Gasteiger partial charge < -0.3 is 4.90 Å². The van der Waals surface area contributed by atoms with Crippen LogP contribution in [0.25, 0.3) is 10.1 Å². The molecule has 4 atom stereocenters. The number of benzene rings is 1. The van der Waals surface area contributed by atoms with Crippen LogP contribution in [0, 0.1) is 17.8 Å². The van der Waals surface area contributed by atoms with Crippen LogP contribution in [0.2, 0.25) is 0 Å². The normalized spacial score (nSPS) is 32.5. The van der Waals surface area contributed by atoms with E-state index in [4.69, 9.17) is 0 Å².